The van der Waals surface area contributed by atoms with Crippen molar-refractivity contribution in [3.05, 3.63) is 66.5 Å². The number of aromatic nitrogens is 1. The Bertz CT molecular complexity index is 849. The van der Waals surface area contributed by atoms with E-state index in [0.717, 1.165) is 26.8 Å². The van der Waals surface area contributed by atoms with Gasteiger partial charge in [0.1, 0.15) is 6.61 Å². The fraction of sp³-hybridized carbons (Fsp3) is 0.286. The molecule has 7 heteroatoms. The summed E-state index contributed by atoms with van der Waals surface area (Å²) in [5.41, 5.74) is 3.06. The van der Waals surface area contributed by atoms with Gasteiger partial charge in [-0.3, -0.25) is 10.3 Å². The number of aliphatic imine (C=N–C) groups is 1. The minimum absolute atomic E-state index is 0. The van der Waals surface area contributed by atoms with Crippen molar-refractivity contribution in [2.45, 2.75) is 31.6 Å². The number of ether oxygens (including phenoxy) is 1. The maximum atomic E-state index is 11.9. The highest BCUT2D eigenvalue weighted by atomic mass is 32.2. The van der Waals surface area contributed by atoms with Crippen molar-refractivity contribution in [2.75, 3.05) is 11.1 Å². The van der Waals surface area contributed by atoms with Gasteiger partial charge in [0.2, 0.25) is 0 Å². The minimum atomic E-state index is -0.511. The number of carbonyl (C=O) groups is 1. The van der Waals surface area contributed by atoms with Gasteiger partial charge in [0.05, 0.1) is 10.4 Å². The van der Waals surface area contributed by atoms with Crippen LogP contribution in [0.25, 0.3) is 0 Å². The summed E-state index contributed by atoms with van der Waals surface area (Å²) in [6.45, 7) is 10.3. The summed E-state index contributed by atoms with van der Waals surface area (Å²) in [6, 6.07) is 9.54. The number of carbonyl (C=O) groups excluding carboxylic acids is 1. The van der Waals surface area contributed by atoms with Crippen LogP contribution in [-0.4, -0.2) is 22.5 Å². The van der Waals surface area contributed by atoms with E-state index in [-0.39, 0.29) is 8.03 Å². The Morgan fingerprint density at radius 3 is 2.86 bits per heavy atom. The number of nitrogens with zero attached hydrogens (tertiary/aromatic N) is 2. The van der Waals surface area contributed by atoms with Crippen molar-refractivity contribution in [3.8, 4) is 0 Å². The Balaban J connectivity index is 0.00000420. The number of benzene rings is 1. The fourth-order valence-corrected chi connectivity index (χ4v) is 3.80. The Hall–Kier alpha value is -2.38. The van der Waals surface area contributed by atoms with Gasteiger partial charge in [0.15, 0.2) is 5.13 Å². The number of thioether (sulfide) groups is 1. The molecular weight excluding hydrogens is 390 g/mol. The van der Waals surface area contributed by atoms with Crippen LogP contribution in [0.5, 0.6) is 0 Å². The highest BCUT2D eigenvalue weighted by Gasteiger charge is 2.08. The van der Waals surface area contributed by atoms with Crippen LogP contribution in [0.2, 0.25) is 0 Å². The SMILES string of the molecule is C=C/C(=C\N=C(C)CSc1cnc(NC(=O)OCc2ccccc2)s1)C(C)C.[HH]. The van der Waals surface area contributed by atoms with Crippen LogP contribution in [0.4, 0.5) is 9.93 Å². The predicted molar refractivity (Wildman–Crippen MR) is 121 cm³/mol. The summed E-state index contributed by atoms with van der Waals surface area (Å²) in [6.07, 6.45) is 4.94. The van der Waals surface area contributed by atoms with Crippen LogP contribution in [0.15, 0.2) is 70.2 Å². The fourth-order valence-electron chi connectivity index (χ4n) is 2.07. The molecule has 1 amide bonds. The number of hydrogen-bond acceptors (Lipinski definition) is 6. The summed E-state index contributed by atoms with van der Waals surface area (Å²) in [5.74, 6) is 1.15. The van der Waals surface area contributed by atoms with Gasteiger partial charge < -0.3 is 4.74 Å². The number of hydrogen-bond donors (Lipinski definition) is 1. The van der Waals surface area contributed by atoms with Gasteiger partial charge in [-0.2, -0.15) is 0 Å². The maximum absolute atomic E-state index is 11.9. The second kappa shape index (κ2) is 11.5. The highest BCUT2D eigenvalue weighted by Crippen LogP contribution is 2.28. The molecule has 1 aromatic carbocycles. The van der Waals surface area contributed by atoms with Crippen LogP contribution in [0, 0.1) is 5.92 Å². The van der Waals surface area contributed by atoms with Gasteiger partial charge in [-0.25, -0.2) is 9.78 Å². The van der Waals surface area contributed by atoms with E-state index in [2.05, 4.69) is 35.7 Å². The van der Waals surface area contributed by atoms with Crippen molar-refractivity contribution >= 4 is 40.0 Å². The van der Waals surface area contributed by atoms with Gasteiger partial charge in [0, 0.05) is 19.1 Å². The van der Waals surface area contributed by atoms with E-state index < -0.39 is 6.09 Å². The Morgan fingerprint density at radius 1 is 1.43 bits per heavy atom. The zero-order valence-corrected chi connectivity index (χ0v) is 18.0. The number of nitrogens with one attached hydrogen (secondary N) is 1. The molecule has 0 unspecified atom stereocenters. The summed E-state index contributed by atoms with van der Waals surface area (Å²) < 4.78 is 6.20. The molecule has 0 atom stereocenters. The van der Waals surface area contributed by atoms with Crippen molar-refractivity contribution in [3.63, 3.8) is 0 Å². The molecule has 1 N–H and O–H groups in total. The molecule has 0 aliphatic carbocycles. The van der Waals surface area contributed by atoms with Crippen molar-refractivity contribution < 1.29 is 11.0 Å². The molecule has 0 aliphatic heterocycles. The number of thiazole rings is 1. The monoisotopic (exact) mass is 417 g/mol. The molecule has 0 spiro atoms. The van der Waals surface area contributed by atoms with Crippen LogP contribution >= 0.6 is 23.1 Å². The Morgan fingerprint density at radius 2 is 2.18 bits per heavy atom. The van der Waals surface area contributed by atoms with E-state index in [4.69, 9.17) is 4.74 Å². The highest BCUT2D eigenvalue weighted by molar-refractivity contribution is 8.01. The van der Waals surface area contributed by atoms with Crippen LogP contribution < -0.4 is 5.32 Å². The first-order valence-electron chi connectivity index (χ1n) is 8.90. The number of anilines is 1. The molecule has 2 rings (SSSR count). The zero-order valence-electron chi connectivity index (χ0n) is 16.3. The van der Waals surface area contributed by atoms with Crippen LogP contribution in [0.1, 0.15) is 27.8 Å². The van der Waals surface area contributed by atoms with E-state index in [1.807, 2.05) is 49.5 Å². The third-order valence-electron chi connectivity index (χ3n) is 3.67. The number of allylic oxidation sites excluding steroid dienone is 2. The van der Waals surface area contributed by atoms with E-state index >= 15 is 0 Å². The van der Waals surface area contributed by atoms with Crippen LogP contribution in [-0.2, 0) is 11.3 Å². The molecule has 2 aromatic rings. The summed E-state index contributed by atoms with van der Waals surface area (Å²) >= 11 is 3.04. The first-order valence-corrected chi connectivity index (χ1v) is 10.7. The predicted octanol–water partition coefficient (Wildman–Crippen LogP) is 6.42. The first-order chi connectivity index (χ1) is 13.5. The number of rotatable bonds is 9. The third-order valence-corrected chi connectivity index (χ3v) is 5.93. The van der Waals surface area contributed by atoms with Gasteiger partial charge >= 0.3 is 6.09 Å². The third kappa shape index (κ3) is 7.70. The van der Waals surface area contributed by atoms with E-state index in [1.165, 1.54) is 11.3 Å². The largest absolute Gasteiger partial charge is 0.444 e. The Kier molecular flexibility index (Phi) is 8.97. The minimum Gasteiger partial charge on any atom is -0.444 e. The second-order valence-corrected chi connectivity index (χ2v) is 8.62. The van der Waals surface area contributed by atoms with Crippen molar-refractivity contribution in [2.24, 2.45) is 10.9 Å². The molecule has 1 aromatic heterocycles. The molecule has 150 valence electrons. The van der Waals surface area contributed by atoms with E-state index in [1.54, 1.807) is 18.0 Å². The molecular formula is C21H27N3O2S2. The lowest BCUT2D eigenvalue weighted by atomic mass is 10.1. The summed E-state index contributed by atoms with van der Waals surface area (Å²) in [5, 5.41) is 3.18. The lowest BCUT2D eigenvalue weighted by Crippen LogP contribution is -2.13. The van der Waals surface area contributed by atoms with Crippen LogP contribution in [0.3, 0.4) is 0 Å². The van der Waals surface area contributed by atoms with Crippen molar-refractivity contribution in [1.29, 1.82) is 0 Å². The molecule has 0 aliphatic rings. The molecule has 0 fully saturated rings. The molecule has 0 radical (unpaired) electrons. The second-order valence-electron chi connectivity index (χ2n) is 6.31. The van der Waals surface area contributed by atoms with Gasteiger partial charge in [-0.05, 0) is 24.0 Å². The number of amides is 1. The Labute approximate surface area is 176 Å². The first kappa shape index (κ1) is 21.9. The van der Waals surface area contributed by atoms with Gasteiger partial charge in [-0.15, -0.1) is 11.8 Å². The molecule has 0 bridgehead atoms. The van der Waals surface area contributed by atoms with Gasteiger partial charge in [0.25, 0.3) is 0 Å². The molecule has 5 nitrogen and oxygen atoms in total. The topological polar surface area (TPSA) is 63.6 Å². The standard InChI is InChI=1S/C21H25N3O2S2.H2/c1-5-18(15(2)3)11-22-16(4)14-27-19-12-23-20(28-19)24-21(25)26-13-17-9-7-6-8-10-17;/h5-12,15H,1,13-14H2,2-4H3,(H,23,24,25);1H/b18-11+,22-16?;. The quantitative estimate of drug-likeness (QED) is 0.291. The average molecular weight is 418 g/mol. The average Bonchev–Trinajstić information content (AvgIpc) is 3.13. The molecule has 1 heterocycles. The molecule has 0 saturated carbocycles. The van der Waals surface area contributed by atoms with Crippen molar-refractivity contribution in [1.82, 2.24) is 4.98 Å². The van der Waals surface area contributed by atoms with E-state index in [9.17, 15) is 4.79 Å². The summed E-state index contributed by atoms with van der Waals surface area (Å²) in [7, 11) is 0. The smallest absolute Gasteiger partial charge is 0.413 e. The lowest BCUT2D eigenvalue weighted by molar-refractivity contribution is 0.155. The lowest BCUT2D eigenvalue weighted by Gasteiger charge is -2.04. The van der Waals surface area contributed by atoms with Gasteiger partial charge in [-0.1, -0.05) is 68.2 Å². The summed E-state index contributed by atoms with van der Waals surface area (Å²) in [4.78, 5) is 20.6. The molecule has 28 heavy (non-hydrogen) atoms. The van der Waals surface area contributed by atoms with E-state index in [0.29, 0.717) is 11.0 Å². The normalized spacial score (nSPS) is 12.1. The zero-order chi connectivity index (χ0) is 20.4. The maximum Gasteiger partial charge on any atom is 0.413 e. The molecule has 0 saturated heterocycles.